The van der Waals surface area contributed by atoms with Gasteiger partial charge in [-0.25, -0.2) is 0 Å². The van der Waals surface area contributed by atoms with Gasteiger partial charge in [-0.3, -0.25) is 4.90 Å². The van der Waals surface area contributed by atoms with Crippen LogP contribution in [-0.4, -0.2) is 29.6 Å². The minimum absolute atomic E-state index is 0.239. The predicted molar refractivity (Wildman–Crippen MR) is 73.1 cm³/mol. The van der Waals surface area contributed by atoms with Crippen molar-refractivity contribution in [2.24, 2.45) is 0 Å². The van der Waals surface area contributed by atoms with E-state index in [0.29, 0.717) is 6.04 Å². The molecule has 0 saturated carbocycles. The normalized spacial score (nSPS) is 24.8. The summed E-state index contributed by atoms with van der Waals surface area (Å²) >= 11 is 0. The minimum Gasteiger partial charge on any atom is -0.313 e. The molecule has 0 aliphatic carbocycles. The molecule has 2 heteroatoms. The summed E-state index contributed by atoms with van der Waals surface area (Å²) in [6.07, 6.45) is 0. The molecule has 0 amide bonds. The smallest absolute Gasteiger partial charge is 0.0284 e. The van der Waals surface area contributed by atoms with Crippen molar-refractivity contribution < 1.29 is 0 Å². The average molecular weight is 232 g/mol. The first-order valence-corrected chi connectivity index (χ1v) is 6.52. The molecule has 0 aromatic heterocycles. The second kappa shape index (κ2) is 4.79. The first-order valence-electron chi connectivity index (χ1n) is 6.52. The van der Waals surface area contributed by atoms with Gasteiger partial charge >= 0.3 is 0 Å². The maximum Gasteiger partial charge on any atom is 0.0284 e. The molecule has 1 aromatic rings. The molecule has 1 unspecified atom stereocenters. The molecule has 1 N–H and O–H groups in total. The van der Waals surface area contributed by atoms with Crippen LogP contribution in [0, 0.1) is 6.92 Å². The molecule has 0 bridgehead atoms. The molecule has 2 nitrogen and oxygen atoms in total. The number of hydrogen-bond acceptors (Lipinski definition) is 2. The number of rotatable bonds is 2. The highest BCUT2D eigenvalue weighted by Gasteiger charge is 2.33. The van der Waals surface area contributed by atoms with Gasteiger partial charge < -0.3 is 5.32 Å². The van der Waals surface area contributed by atoms with Gasteiger partial charge in [0.2, 0.25) is 0 Å². The molecule has 1 aliphatic heterocycles. The van der Waals surface area contributed by atoms with E-state index in [1.165, 1.54) is 11.1 Å². The third-order valence-corrected chi connectivity index (χ3v) is 3.78. The third-order valence-electron chi connectivity index (χ3n) is 3.78. The van der Waals surface area contributed by atoms with Gasteiger partial charge in [0, 0.05) is 31.2 Å². The Kier molecular flexibility index (Phi) is 3.55. The number of nitrogens with one attached hydrogen (secondary N) is 1. The van der Waals surface area contributed by atoms with Crippen LogP contribution in [0.25, 0.3) is 0 Å². The highest BCUT2D eigenvalue weighted by molar-refractivity contribution is 5.21. The van der Waals surface area contributed by atoms with Crippen molar-refractivity contribution in [2.75, 3.05) is 13.1 Å². The van der Waals surface area contributed by atoms with Crippen LogP contribution in [0.3, 0.4) is 0 Å². The fourth-order valence-corrected chi connectivity index (χ4v) is 2.66. The summed E-state index contributed by atoms with van der Waals surface area (Å²) in [5.41, 5.74) is 2.99. The lowest BCUT2D eigenvalue weighted by Crippen LogP contribution is -2.61. The lowest BCUT2D eigenvalue weighted by Gasteiger charge is -2.47. The monoisotopic (exact) mass is 232 g/mol. The Hall–Kier alpha value is -0.860. The van der Waals surface area contributed by atoms with Crippen LogP contribution >= 0.6 is 0 Å². The van der Waals surface area contributed by atoms with E-state index in [9.17, 15) is 0 Å². The van der Waals surface area contributed by atoms with E-state index >= 15 is 0 Å². The highest BCUT2D eigenvalue weighted by atomic mass is 15.3. The molecule has 1 fully saturated rings. The first-order chi connectivity index (χ1) is 7.99. The van der Waals surface area contributed by atoms with Crippen LogP contribution < -0.4 is 5.32 Å². The van der Waals surface area contributed by atoms with Crippen molar-refractivity contribution in [3.8, 4) is 0 Å². The van der Waals surface area contributed by atoms with Gasteiger partial charge in [0.25, 0.3) is 0 Å². The molecule has 17 heavy (non-hydrogen) atoms. The largest absolute Gasteiger partial charge is 0.313 e. The van der Waals surface area contributed by atoms with Gasteiger partial charge in [-0.15, -0.1) is 0 Å². The minimum atomic E-state index is 0.239. The van der Waals surface area contributed by atoms with E-state index in [1.54, 1.807) is 0 Å². The summed E-state index contributed by atoms with van der Waals surface area (Å²) in [5.74, 6) is 0. The van der Waals surface area contributed by atoms with E-state index in [-0.39, 0.29) is 5.54 Å². The van der Waals surface area contributed by atoms with E-state index in [2.05, 4.69) is 62.2 Å². The Morgan fingerprint density at radius 1 is 1.29 bits per heavy atom. The fraction of sp³-hybridized carbons (Fsp3) is 0.600. The van der Waals surface area contributed by atoms with Gasteiger partial charge in [-0.1, -0.05) is 29.8 Å². The Morgan fingerprint density at radius 2 is 1.94 bits per heavy atom. The second-order valence-corrected chi connectivity index (χ2v) is 5.91. The number of hydrogen-bond donors (Lipinski definition) is 1. The molecule has 1 heterocycles. The van der Waals surface area contributed by atoms with E-state index in [4.69, 9.17) is 0 Å². The van der Waals surface area contributed by atoms with Gasteiger partial charge in [0.1, 0.15) is 0 Å². The number of nitrogens with zero attached hydrogens (tertiary/aromatic N) is 1. The molecule has 1 saturated heterocycles. The number of benzene rings is 1. The van der Waals surface area contributed by atoms with E-state index < -0.39 is 0 Å². The van der Waals surface area contributed by atoms with Crippen LogP contribution in [0.15, 0.2) is 24.3 Å². The molecular formula is C15H24N2. The molecule has 0 radical (unpaired) electrons. The summed E-state index contributed by atoms with van der Waals surface area (Å²) in [6.45, 7) is 12.3. The topological polar surface area (TPSA) is 15.3 Å². The van der Waals surface area contributed by atoms with Gasteiger partial charge in [-0.2, -0.15) is 0 Å². The van der Waals surface area contributed by atoms with Gasteiger partial charge in [0.15, 0.2) is 0 Å². The van der Waals surface area contributed by atoms with E-state index in [0.717, 1.165) is 19.6 Å². The summed E-state index contributed by atoms with van der Waals surface area (Å²) in [6, 6.07) is 9.50. The van der Waals surface area contributed by atoms with Crippen molar-refractivity contribution in [3.05, 3.63) is 35.4 Å². The van der Waals surface area contributed by atoms with Crippen LogP contribution in [-0.2, 0) is 6.54 Å². The molecule has 0 spiro atoms. The van der Waals surface area contributed by atoms with Crippen molar-refractivity contribution in [3.63, 3.8) is 0 Å². The lowest BCUT2D eigenvalue weighted by atomic mass is 9.95. The fourth-order valence-electron chi connectivity index (χ4n) is 2.66. The Balaban J connectivity index is 2.12. The van der Waals surface area contributed by atoms with Crippen molar-refractivity contribution >= 4 is 0 Å². The predicted octanol–water partition coefficient (Wildman–Crippen LogP) is 2.57. The van der Waals surface area contributed by atoms with Crippen LogP contribution in [0.4, 0.5) is 0 Å². The lowest BCUT2D eigenvalue weighted by molar-refractivity contribution is 0.0375. The summed E-state index contributed by atoms with van der Waals surface area (Å²) < 4.78 is 0. The Labute approximate surface area is 105 Å². The zero-order valence-corrected chi connectivity index (χ0v) is 11.5. The maximum absolute atomic E-state index is 3.51. The number of aryl methyl sites for hydroxylation is 1. The Morgan fingerprint density at radius 3 is 2.53 bits per heavy atom. The van der Waals surface area contributed by atoms with Gasteiger partial charge in [0.05, 0.1) is 0 Å². The standard InChI is InChI=1S/C15H24N2/c1-12-5-7-14(8-6-12)10-17-13(2)9-16-11-15(17,3)4/h5-8,13,16H,9-11H2,1-4H3. The molecule has 94 valence electrons. The first kappa shape index (κ1) is 12.6. The van der Waals surface area contributed by atoms with Crippen LogP contribution in [0.5, 0.6) is 0 Å². The molecule has 1 aliphatic rings. The maximum atomic E-state index is 3.51. The van der Waals surface area contributed by atoms with E-state index in [1.807, 2.05) is 0 Å². The van der Waals surface area contributed by atoms with Crippen molar-refractivity contribution in [1.29, 1.82) is 0 Å². The SMILES string of the molecule is Cc1ccc(CN2C(C)CNCC2(C)C)cc1. The summed E-state index contributed by atoms with van der Waals surface area (Å²) in [7, 11) is 0. The quantitative estimate of drug-likeness (QED) is 0.843. The van der Waals surface area contributed by atoms with Crippen LogP contribution in [0.1, 0.15) is 31.9 Å². The zero-order valence-electron chi connectivity index (χ0n) is 11.5. The second-order valence-electron chi connectivity index (χ2n) is 5.91. The van der Waals surface area contributed by atoms with Crippen LogP contribution in [0.2, 0.25) is 0 Å². The number of piperazine rings is 1. The van der Waals surface area contributed by atoms with Gasteiger partial charge in [-0.05, 0) is 33.3 Å². The molecular weight excluding hydrogens is 208 g/mol. The summed E-state index contributed by atoms with van der Waals surface area (Å²) in [4.78, 5) is 2.61. The molecule has 2 rings (SSSR count). The average Bonchev–Trinajstić information content (AvgIpc) is 2.26. The van der Waals surface area contributed by atoms with Crippen molar-refractivity contribution in [2.45, 2.75) is 45.8 Å². The molecule has 1 aromatic carbocycles. The third kappa shape index (κ3) is 2.88. The van der Waals surface area contributed by atoms with Crippen molar-refractivity contribution in [1.82, 2.24) is 10.2 Å². The zero-order chi connectivity index (χ0) is 12.5. The highest BCUT2D eigenvalue weighted by Crippen LogP contribution is 2.23. The summed E-state index contributed by atoms with van der Waals surface area (Å²) in [5, 5.41) is 3.51. The molecule has 1 atom stereocenters. The Bertz CT molecular complexity index is 367.